The fourth-order valence-corrected chi connectivity index (χ4v) is 3.99. The van der Waals surface area contributed by atoms with E-state index >= 15 is 0 Å². The molecule has 0 saturated heterocycles. The van der Waals surface area contributed by atoms with Gasteiger partial charge in [-0.05, 0) is 31.0 Å². The molecular weight excluding hydrogens is 357 g/mol. The number of anilines is 1. The Labute approximate surface area is 148 Å². The van der Waals surface area contributed by atoms with Gasteiger partial charge in [0.15, 0.2) is 0 Å². The van der Waals surface area contributed by atoms with Crippen molar-refractivity contribution in [2.45, 2.75) is 20.3 Å². The van der Waals surface area contributed by atoms with E-state index in [1.807, 2.05) is 13.8 Å². The lowest BCUT2D eigenvalue weighted by molar-refractivity contribution is 0.0601. The molecule has 0 aliphatic rings. The summed E-state index contributed by atoms with van der Waals surface area (Å²) in [5, 5.41) is 3.66. The number of nitrogens with one attached hydrogen (secondary N) is 1. The molecule has 23 heavy (non-hydrogen) atoms. The van der Waals surface area contributed by atoms with Crippen LogP contribution in [-0.4, -0.2) is 19.0 Å². The van der Waals surface area contributed by atoms with Crippen LogP contribution in [0.4, 0.5) is 5.00 Å². The molecule has 122 valence electrons. The summed E-state index contributed by atoms with van der Waals surface area (Å²) in [5.41, 5.74) is 1.42. The van der Waals surface area contributed by atoms with Gasteiger partial charge in [0.05, 0.1) is 28.3 Å². The highest BCUT2D eigenvalue weighted by Gasteiger charge is 2.24. The number of esters is 1. The van der Waals surface area contributed by atoms with Gasteiger partial charge in [-0.2, -0.15) is 0 Å². The summed E-state index contributed by atoms with van der Waals surface area (Å²) in [6, 6.07) is 4.83. The number of halogens is 2. The van der Waals surface area contributed by atoms with E-state index in [1.54, 1.807) is 18.2 Å². The fourth-order valence-electron chi connectivity index (χ4n) is 2.29. The Morgan fingerprint density at radius 2 is 1.83 bits per heavy atom. The predicted octanol–water partition coefficient (Wildman–Crippen LogP) is 4.96. The van der Waals surface area contributed by atoms with Gasteiger partial charge in [-0.25, -0.2) is 4.79 Å². The van der Waals surface area contributed by atoms with Crippen molar-refractivity contribution in [3.05, 3.63) is 49.8 Å². The molecule has 0 radical (unpaired) electrons. The molecule has 0 fully saturated rings. The number of methoxy groups -OCH3 is 1. The highest BCUT2D eigenvalue weighted by molar-refractivity contribution is 7.16. The fraction of sp³-hybridized carbons (Fsp3) is 0.250. The molecule has 4 nitrogen and oxygen atoms in total. The molecule has 1 aromatic heterocycles. The number of ether oxygens (including phenoxy) is 1. The number of amides is 1. The van der Waals surface area contributed by atoms with Gasteiger partial charge < -0.3 is 10.1 Å². The highest BCUT2D eigenvalue weighted by Crippen LogP contribution is 2.35. The number of carbonyl (C=O) groups excluding carboxylic acids is 2. The molecule has 1 N–H and O–H groups in total. The van der Waals surface area contributed by atoms with E-state index < -0.39 is 11.9 Å². The minimum Gasteiger partial charge on any atom is -0.465 e. The summed E-state index contributed by atoms with van der Waals surface area (Å²) in [5.74, 6) is -0.943. The molecule has 0 atom stereocenters. The Hall–Kier alpha value is -1.56. The number of benzene rings is 1. The maximum absolute atomic E-state index is 12.5. The second-order valence-electron chi connectivity index (χ2n) is 4.74. The smallest absolute Gasteiger partial charge is 0.341 e. The summed E-state index contributed by atoms with van der Waals surface area (Å²) in [6.07, 6.45) is 0.662. The van der Waals surface area contributed by atoms with Gasteiger partial charge in [-0.15, -0.1) is 11.3 Å². The summed E-state index contributed by atoms with van der Waals surface area (Å²) in [6.45, 7) is 3.84. The molecule has 7 heteroatoms. The molecule has 0 bridgehead atoms. The van der Waals surface area contributed by atoms with Crippen LogP contribution in [0.25, 0.3) is 0 Å². The maximum atomic E-state index is 12.5. The number of rotatable bonds is 4. The summed E-state index contributed by atoms with van der Waals surface area (Å²) < 4.78 is 4.83. The van der Waals surface area contributed by atoms with Crippen LogP contribution in [0.3, 0.4) is 0 Å². The highest BCUT2D eigenvalue weighted by atomic mass is 35.5. The summed E-state index contributed by atoms with van der Waals surface area (Å²) >= 11 is 13.4. The second-order valence-corrected chi connectivity index (χ2v) is 6.78. The van der Waals surface area contributed by atoms with Crippen molar-refractivity contribution >= 4 is 51.4 Å². The first-order chi connectivity index (χ1) is 10.9. The standard InChI is InChI=1S/C16H15Cl2NO3S/c1-4-9-8(2)23-15(12(9)16(21)22-3)19-14(20)13-10(17)6-5-7-11(13)18/h5-7H,4H2,1-3H3,(H,19,20). The topological polar surface area (TPSA) is 55.4 Å². The number of carbonyl (C=O) groups is 2. The molecule has 0 spiro atoms. The van der Waals surface area contributed by atoms with Crippen LogP contribution >= 0.6 is 34.5 Å². The molecule has 2 rings (SSSR count). The lowest BCUT2D eigenvalue weighted by atomic mass is 10.1. The van der Waals surface area contributed by atoms with Gasteiger partial charge in [-0.3, -0.25) is 4.79 Å². The van der Waals surface area contributed by atoms with Crippen molar-refractivity contribution in [2.75, 3.05) is 12.4 Å². The summed E-state index contributed by atoms with van der Waals surface area (Å²) in [4.78, 5) is 25.5. The van der Waals surface area contributed by atoms with E-state index in [1.165, 1.54) is 18.4 Å². The molecule has 0 aliphatic carbocycles. The summed E-state index contributed by atoms with van der Waals surface area (Å²) in [7, 11) is 1.31. The van der Waals surface area contributed by atoms with Crippen molar-refractivity contribution < 1.29 is 14.3 Å². The van der Waals surface area contributed by atoms with Gasteiger partial charge in [0, 0.05) is 4.88 Å². The lowest BCUT2D eigenvalue weighted by Crippen LogP contribution is -2.15. The van der Waals surface area contributed by atoms with E-state index in [2.05, 4.69) is 5.32 Å². The first-order valence-electron chi connectivity index (χ1n) is 6.86. The number of hydrogen-bond acceptors (Lipinski definition) is 4. The van der Waals surface area contributed by atoms with Gasteiger partial charge in [-0.1, -0.05) is 36.2 Å². The quantitative estimate of drug-likeness (QED) is 0.772. The average Bonchev–Trinajstić information content (AvgIpc) is 2.81. The zero-order chi connectivity index (χ0) is 17.1. The van der Waals surface area contributed by atoms with Crippen LogP contribution in [0.2, 0.25) is 10.0 Å². The van der Waals surface area contributed by atoms with Crippen LogP contribution < -0.4 is 5.32 Å². The predicted molar refractivity (Wildman–Crippen MR) is 94.2 cm³/mol. The van der Waals surface area contributed by atoms with Gasteiger partial charge in [0.25, 0.3) is 5.91 Å². The third-order valence-corrected chi connectivity index (χ3v) is 5.06. The molecule has 2 aromatic rings. The van der Waals surface area contributed by atoms with Crippen LogP contribution in [0, 0.1) is 6.92 Å². The van der Waals surface area contributed by atoms with Crippen LogP contribution in [-0.2, 0) is 11.2 Å². The average molecular weight is 372 g/mol. The monoisotopic (exact) mass is 371 g/mol. The normalized spacial score (nSPS) is 10.5. The molecule has 0 unspecified atom stereocenters. The van der Waals surface area contributed by atoms with Crippen molar-refractivity contribution in [3.63, 3.8) is 0 Å². The zero-order valence-corrected chi connectivity index (χ0v) is 15.2. The molecule has 1 amide bonds. The number of aryl methyl sites for hydroxylation is 1. The zero-order valence-electron chi connectivity index (χ0n) is 12.8. The Morgan fingerprint density at radius 1 is 1.22 bits per heavy atom. The third-order valence-electron chi connectivity index (χ3n) is 3.37. The maximum Gasteiger partial charge on any atom is 0.341 e. The molecule has 0 aliphatic heterocycles. The van der Waals surface area contributed by atoms with Gasteiger partial charge in [0.2, 0.25) is 0 Å². The Kier molecular flexibility index (Phi) is 5.68. The van der Waals surface area contributed by atoms with Crippen molar-refractivity contribution in [3.8, 4) is 0 Å². The minimum absolute atomic E-state index is 0.177. The largest absolute Gasteiger partial charge is 0.465 e. The SMILES string of the molecule is CCc1c(C)sc(NC(=O)c2c(Cl)cccc2Cl)c1C(=O)OC. The molecule has 1 heterocycles. The van der Waals surface area contributed by atoms with E-state index in [0.717, 1.165) is 10.4 Å². The minimum atomic E-state index is -0.480. The van der Waals surface area contributed by atoms with Crippen LogP contribution in [0.5, 0.6) is 0 Å². The lowest BCUT2D eigenvalue weighted by Gasteiger charge is -2.09. The van der Waals surface area contributed by atoms with Crippen LogP contribution in [0.1, 0.15) is 38.1 Å². The Bertz CT molecular complexity index is 751. The number of hydrogen-bond donors (Lipinski definition) is 1. The van der Waals surface area contributed by atoms with Crippen molar-refractivity contribution in [1.82, 2.24) is 0 Å². The molecular formula is C16H15Cl2NO3S. The van der Waals surface area contributed by atoms with Gasteiger partial charge >= 0.3 is 5.97 Å². The Morgan fingerprint density at radius 3 is 2.35 bits per heavy atom. The molecule has 1 aromatic carbocycles. The van der Waals surface area contributed by atoms with Crippen LogP contribution in [0.15, 0.2) is 18.2 Å². The van der Waals surface area contributed by atoms with E-state index in [4.69, 9.17) is 27.9 Å². The first kappa shape index (κ1) is 17.8. The molecule has 0 saturated carbocycles. The van der Waals surface area contributed by atoms with Crippen molar-refractivity contribution in [2.24, 2.45) is 0 Å². The van der Waals surface area contributed by atoms with E-state index in [0.29, 0.717) is 17.0 Å². The van der Waals surface area contributed by atoms with Crippen molar-refractivity contribution in [1.29, 1.82) is 0 Å². The third kappa shape index (κ3) is 3.52. The number of thiophene rings is 1. The Balaban J connectivity index is 2.44. The second kappa shape index (κ2) is 7.34. The van der Waals surface area contributed by atoms with Gasteiger partial charge in [0.1, 0.15) is 5.00 Å². The first-order valence-corrected chi connectivity index (χ1v) is 8.43. The van der Waals surface area contributed by atoms with E-state index in [9.17, 15) is 9.59 Å². The van der Waals surface area contributed by atoms with E-state index in [-0.39, 0.29) is 15.6 Å².